The van der Waals surface area contributed by atoms with Crippen molar-refractivity contribution in [1.82, 2.24) is 19.1 Å². The number of para-hydroxylation sites is 3. The maximum absolute atomic E-state index is 6.86. The van der Waals surface area contributed by atoms with Crippen molar-refractivity contribution in [2.45, 2.75) is 105 Å². The summed E-state index contributed by atoms with van der Waals surface area (Å²) in [7, 11) is 0. The number of rotatable bonds is 5. The summed E-state index contributed by atoms with van der Waals surface area (Å²) < 4.78 is 13.2. The average Bonchev–Trinajstić information content (AvgIpc) is 3.69. The molecule has 6 nitrogen and oxygen atoms in total. The molecule has 8 aromatic rings. The van der Waals surface area contributed by atoms with Crippen LogP contribution in [0, 0.1) is 18.5 Å². The SMILES string of the molecule is CC(C)(C)c1cc(-[n+]2[c-]n(-c3[c-]c(Oc4[c-]c5c(cc4)c4ccccc4n5-c4cc(C(C)(C)C)ccn4)c(C(C)(C)C)cn3)c3ccccc32)cc(C(C)(C)C)c1.[Pt]. The van der Waals surface area contributed by atoms with Crippen molar-refractivity contribution in [3.63, 3.8) is 0 Å². The fraction of sp³-hybridized carbons (Fsp3) is 0.314. The van der Waals surface area contributed by atoms with E-state index >= 15 is 0 Å². The number of hydrogen-bond donors (Lipinski definition) is 0. The summed E-state index contributed by atoms with van der Waals surface area (Å²) >= 11 is 0. The minimum Gasteiger partial charge on any atom is -0.521 e. The molecule has 0 saturated heterocycles. The maximum atomic E-state index is 6.86. The Balaban J connectivity index is 0.00000512. The number of nitrogens with zero attached hydrogens (tertiary/aromatic N) is 5. The summed E-state index contributed by atoms with van der Waals surface area (Å²) in [5.41, 5.74) is 9.39. The largest absolute Gasteiger partial charge is 0.521 e. The number of imidazole rings is 1. The summed E-state index contributed by atoms with van der Waals surface area (Å²) in [6, 6.07) is 39.4. The Bertz CT molecular complexity index is 2780. The quantitative estimate of drug-likeness (QED) is 0.128. The summed E-state index contributed by atoms with van der Waals surface area (Å²) in [6.07, 6.45) is 7.49. The molecule has 4 aromatic carbocycles. The van der Waals surface area contributed by atoms with Gasteiger partial charge in [-0.1, -0.05) is 149 Å². The van der Waals surface area contributed by atoms with Gasteiger partial charge in [0, 0.05) is 38.5 Å². The standard InChI is InChI=1S/C51H53N5O.Pt/c1-48(2,3)33-23-24-52-47(28-33)56-41-18-14-13-17-38(41)39-22-21-37(29-44(39)56)57-45-30-46(53-31-40(45)51(10,11)12)55-32-54(42-19-15-16-20-43(42)55)36-26-34(49(4,5)6)25-35(27-36)50(7,8)9;/h13-28,31H,1-12H3;/q-2;. The van der Waals surface area contributed by atoms with E-state index in [0.29, 0.717) is 17.3 Å². The van der Waals surface area contributed by atoms with Crippen molar-refractivity contribution < 1.29 is 30.4 Å². The summed E-state index contributed by atoms with van der Waals surface area (Å²) in [5.74, 6) is 2.62. The van der Waals surface area contributed by atoms with Gasteiger partial charge in [0.25, 0.3) is 6.33 Å². The molecule has 300 valence electrons. The minimum atomic E-state index is -0.271. The molecule has 4 heterocycles. The average molecular weight is 947 g/mol. The second-order valence-electron chi connectivity index (χ2n) is 19.4. The van der Waals surface area contributed by atoms with E-state index in [9.17, 15) is 0 Å². The molecular formula is C51H53N5OPt-2. The van der Waals surface area contributed by atoms with Gasteiger partial charge in [-0.15, -0.1) is 23.1 Å². The topological polar surface area (TPSA) is 48.8 Å². The van der Waals surface area contributed by atoms with Crippen molar-refractivity contribution in [1.29, 1.82) is 0 Å². The molecule has 7 heteroatoms. The minimum absolute atomic E-state index is 0. The van der Waals surface area contributed by atoms with Crippen molar-refractivity contribution >= 4 is 32.8 Å². The molecule has 0 N–H and O–H groups in total. The van der Waals surface area contributed by atoms with Gasteiger partial charge in [-0.05, 0) is 74.4 Å². The number of fused-ring (bicyclic) bond motifs is 4. The van der Waals surface area contributed by atoms with Gasteiger partial charge in [-0.2, -0.15) is 12.1 Å². The number of aromatic nitrogens is 5. The molecule has 0 amide bonds. The molecule has 0 radical (unpaired) electrons. The molecule has 0 atom stereocenters. The van der Waals surface area contributed by atoms with Crippen LogP contribution in [0.3, 0.4) is 0 Å². The van der Waals surface area contributed by atoms with Crippen LogP contribution < -0.4 is 9.30 Å². The number of ether oxygens (including phenoxy) is 1. The van der Waals surface area contributed by atoms with E-state index < -0.39 is 0 Å². The summed E-state index contributed by atoms with van der Waals surface area (Å²) in [6.45, 7) is 26.8. The first-order valence-electron chi connectivity index (χ1n) is 19.9. The van der Waals surface area contributed by atoms with Gasteiger partial charge < -0.3 is 9.30 Å². The molecule has 0 bridgehead atoms. The third-order valence-electron chi connectivity index (χ3n) is 10.9. The van der Waals surface area contributed by atoms with E-state index in [2.05, 4.69) is 196 Å². The van der Waals surface area contributed by atoms with Crippen LogP contribution in [0.2, 0.25) is 0 Å². The van der Waals surface area contributed by atoms with Crippen LogP contribution >= 0.6 is 0 Å². The predicted octanol–water partition coefficient (Wildman–Crippen LogP) is 12.2. The van der Waals surface area contributed by atoms with Crippen LogP contribution in [0.25, 0.3) is 50.2 Å². The first kappa shape index (κ1) is 41.1. The van der Waals surface area contributed by atoms with E-state index in [-0.39, 0.29) is 42.7 Å². The maximum Gasteiger partial charge on any atom is 0.269 e. The van der Waals surface area contributed by atoms with Gasteiger partial charge in [0.2, 0.25) is 0 Å². The molecule has 0 saturated carbocycles. The van der Waals surface area contributed by atoms with Gasteiger partial charge in [0.05, 0.1) is 22.5 Å². The molecule has 4 aromatic heterocycles. The normalized spacial score (nSPS) is 12.7. The van der Waals surface area contributed by atoms with Crippen molar-refractivity contribution in [2.75, 3.05) is 0 Å². The zero-order chi connectivity index (χ0) is 40.7. The fourth-order valence-corrected chi connectivity index (χ4v) is 7.42. The summed E-state index contributed by atoms with van der Waals surface area (Å²) in [5, 5.41) is 2.22. The first-order valence-corrected chi connectivity index (χ1v) is 19.9. The Morgan fingerprint density at radius 3 is 1.90 bits per heavy atom. The van der Waals surface area contributed by atoms with Crippen LogP contribution in [0.15, 0.2) is 103 Å². The van der Waals surface area contributed by atoms with Gasteiger partial charge in [-0.3, -0.25) is 14.1 Å². The Hall–Kier alpha value is -5.06. The van der Waals surface area contributed by atoms with Crippen molar-refractivity contribution in [2.24, 2.45) is 0 Å². The molecule has 0 unspecified atom stereocenters. The molecule has 0 aliphatic rings. The fourth-order valence-electron chi connectivity index (χ4n) is 7.42. The van der Waals surface area contributed by atoms with Crippen LogP contribution in [-0.2, 0) is 42.7 Å². The zero-order valence-electron chi connectivity index (χ0n) is 35.8. The Morgan fingerprint density at radius 1 is 0.603 bits per heavy atom. The van der Waals surface area contributed by atoms with E-state index in [1.54, 1.807) is 0 Å². The number of benzene rings is 4. The number of pyridine rings is 2. The summed E-state index contributed by atoms with van der Waals surface area (Å²) in [4.78, 5) is 9.87. The molecule has 0 fully saturated rings. The monoisotopic (exact) mass is 946 g/mol. The molecule has 0 aliphatic carbocycles. The van der Waals surface area contributed by atoms with Crippen molar-refractivity contribution in [3.8, 4) is 28.8 Å². The van der Waals surface area contributed by atoms with Gasteiger partial charge in [0.1, 0.15) is 5.82 Å². The molecule has 8 rings (SSSR count). The molecular weight excluding hydrogens is 894 g/mol. The van der Waals surface area contributed by atoms with Gasteiger partial charge >= 0.3 is 0 Å². The third-order valence-corrected chi connectivity index (χ3v) is 10.9. The van der Waals surface area contributed by atoms with Gasteiger partial charge in [0.15, 0.2) is 0 Å². The van der Waals surface area contributed by atoms with Crippen LogP contribution in [-0.4, -0.2) is 19.1 Å². The first-order chi connectivity index (χ1) is 26.8. The molecule has 58 heavy (non-hydrogen) atoms. The van der Waals surface area contributed by atoms with E-state index in [0.717, 1.165) is 49.9 Å². The van der Waals surface area contributed by atoms with Crippen LogP contribution in [0.1, 0.15) is 105 Å². The van der Waals surface area contributed by atoms with Crippen LogP contribution in [0.5, 0.6) is 11.5 Å². The van der Waals surface area contributed by atoms with Gasteiger partial charge in [-0.25, -0.2) is 4.98 Å². The predicted molar refractivity (Wildman–Crippen MR) is 233 cm³/mol. The Kier molecular flexibility index (Phi) is 10.4. The zero-order valence-corrected chi connectivity index (χ0v) is 38.0. The number of hydrogen-bond acceptors (Lipinski definition) is 3. The second kappa shape index (κ2) is 14.6. The Morgan fingerprint density at radius 2 is 1.24 bits per heavy atom. The molecule has 0 aliphatic heterocycles. The molecule has 0 spiro atoms. The Labute approximate surface area is 358 Å². The third kappa shape index (κ3) is 7.64. The van der Waals surface area contributed by atoms with E-state index in [1.165, 1.54) is 16.7 Å². The van der Waals surface area contributed by atoms with E-state index in [1.807, 2.05) is 23.0 Å². The smallest absolute Gasteiger partial charge is 0.269 e. The van der Waals surface area contributed by atoms with Crippen LogP contribution in [0.4, 0.5) is 0 Å². The van der Waals surface area contributed by atoms with Crippen molar-refractivity contribution in [3.05, 3.63) is 144 Å². The second-order valence-corrected chi connectivity index (χ2v) is 19.4. The van der Waals surface area contributed by atoms with E-state index in [4.69, 9.17) is 14.7 Å².